The van der Waals surface area contributed by atoms with E-state index in [4.69, 9.17) is 14.6 Å². The molecule has 5 nitrogen and oxygen atoms in total. The topological polar surface area (TPSA) is 48.3 Å². The second kappa shape index (κ2) is 7.00. The van der Waals surface area contributed by atoms with Crippen LogP contribution in [0, 0.1) is 6.92 Å². The Labute approximate surface area is 194 Å². The van der Waals surface area contributed by atoms with Gasteiger partial charge in [-0.3, -0.25) is 0 Å². The quantitative estimate of drug-likeness (QED) is 0.349. The summed E-state index contributed by atoms with van der Waals surface area (Å²) in [5.41, 5.74) is 4.92. The molecule has 6 heteroatoms. The Hall–Kier alpha value is -3.51. The highest BCUT2D eigenvalue weighted by atomic mass is 79.9. The van der Waals surface area contributed by atoms with E-state index >= 15 is 0 Å². The molecule has 0 fully saturated rings. The van der Waals surface area contributed by atoms with Crippen LogP contribution in [0.25, 0.3) is 16.8 Å². The Morgan fingerprint density at radius 3 is 2.41 bits per heavy atom. The number of hydrogen-bond donors (Lipinski definition) is 1. The predicted octanol–water partition coefficient (Wildman–Crippen LogP) is 6.56. The molecule has 3 heterocycles. The zero-order valence-corrected chi connectivity index (χ0v) is 19.2. The number of aryl methyl sites for hydroxylation is 1. The average Bonchev–Trinajstić information content (AvgIpc) is 3.33. The van der Waals surface area contributed by atoms with Crippen molar-refractivity contribution in [1.29, 1.82) is 0 Å². The van der Waals surface area contributed by atoms with E-state index in [9.17, 15) is 0 Å². The summed E-state index contributed by atoms with van der Waals surface area (Å²) in [6.45, 7) is 3.91. The zero-order valence-electron chi connectivity index (χ0n) is 17.6. The van der Waals surface area contributed by atoms with Gasteiger partial charge in [0, 0.05) is 6.08 Å². The number of anilines is 1. The Balaban J connectivity index is 1.49. The van der Waals surface area contributed by atoms with Crippen molar-refractivity contribution in [2.45, 2.75) is 19.6 Å². The van der Waals surface area contributed by atoms with Crippen LogP contribution >= 0.6 is 15.9 Å². The highest BCUT2D eigenvalue weighted by Crippen LogP contribution is 2.52. The molecule has 0 saturated heterocycles. The van der Waals surface area contributed by atoms with Crippen LogP contribution in [-0.2, 0) is 5.72 Å². The number of halogens is 1. The fourth-order valence-electron chi connectivity index (χ4n) is 4.47. The predicted molar refractivity (Wildman–Crippen MR) is 128 cm³/mol. The molecular formula is C26H20BrN3O2. The SMILES string of the molecule is CC1=CC2(Nc3cc(-c4ccccc4)cc(Br)c3O2)c2c(C)nn(-c3ccccc3)c2O1. The molecule has 3 aromatic carbocycles. The van der Waals surface area contributed by atoms with E-state index in [-0.39, 0.29) is 0 Å². The first-order chi connectivity index (χ1) is 15.5. The van der Waals surface area contributed by atoms with Crippen molar-refractivity contribution in [3.63, 3.8) is 0 Å². The minimum atomic E-state index is -0.894. The van der Waals surface area contributed by atoms with Crippen molar-refractivity contribution in [3.8, 4) is 28.4 Å². The summed E-state index contributed by atoms with van der Waals surface area (Å²) in [5, 5.41) is 8.42. The van der Waals surface area contributed by atoms with Crippen molar-refractivity contribution in [1.82, 2.24) is 9.78 Å². The summed E-state index contributed by atoms with van der Waals surface area (Å²) in [5.74, 6) is 2.18. The molecule has 4 aromatic rings. The van der Waals surface area contributed by atoms with Gasteiger partial charge in [-0.15, -0.1) is 0 Å². The number of hydrogen-bond acceptors (Lipinski definition) is 4. The summed E-state index contributed by atoms with van der Waals surface area (Å²) in [4.78, 5) is 0. The average molecular weight is 486 g/mol. The molecule has 32 heavy (non-hydrogen) atoms. The Kier molecular flexibility index (Phi) is 4.20. The molecule has 0 bridgehead atoms. The van der Waals surface area contributed by atoms with Crippen LogP contribution in [-0.4, -0.2) is 9.78 Å². The number of fused-ring (bicyclic) bond motifs is 3. The molecule has 0 aliphatic carbocycles. The smallest absolute Gasteiger partial charge is 0.237 e. The first kappa shape index (κ1) is 19.2. The van der Waals surface area contributed by atoms with Gasteiger partial charge in [0.15, 0.2) is 5.75 Å². The summed E-state index contributed by atoms with van der Waals surface area (Å²) >= 11 is 3.72. The molecule has 2 aliphatic rings. The first-order valence-corrected chi connectivity index (χ1v) is 11.2. The molecule has 0 saturated carbocycles. The van der Waals surface area contributed by atoms with Crippen LogP contribution in [0.1, 0.15) is 18.2 Å². The molecule has 6 rings (SSSR count). The fourth-order valence-corrected chi connectivity index (χ4v) is 5.01. The number of ether oxygens (including phenoxy) is 2. The number of para-hydroxylation sites is 1. The van der Waals surface area contributed by atoms with Gasteiger partial charge in [-0.05, 0) is 65.2 Å². The minimum Gasteiger partial charge on any atom is -0.456 e. The first-order valence-electron chi connectivity index (χ1n) is 10.4. The lowest BCUT2D eigenvalue weighted by molar-refractivity contribution is 0.152. The van der Waals surface area contributed by atoms with Gasteiger partial charge in [-0.25, -0.2) is 4.68 Å². The second-order valence-corrected chi connectivity index (χ2v) is 8.89. The van der Waals surface area contributed by atoms with E-state index in [1.54, 1.807) is 0 Å². The molecule has 1 atom stereocenters. The van der Waals surface area contributed by atoms with Gasteiger partial charge >= 0.3 is 0 Å². The second-order valence-electron chi connectivity index (χ2n) is 8.03. The van der Waals surface area contributed by atoms with Crippen molar-refractivity contribution in [3.05, 3.63) is 100 Å². The maximum Gasteiger partial charge on any atom is 0.237 e. The summed E-state index contributed by atoms with van der Waals surface area (Å²) in [6.07, 6.45) is 1.98. The normalized spacial score (nSPS) is 18.3. The lowest BCUT2D eigenvalue weighted by Crippen LogP contribution is -2.38. The van der Waals surface area contributed by atoms with Gasteiger partial charge in [0.25, 0.3) is 0 Å². The third kappa shape index (κ3) is 2.87. The highest BCUT2D eigenvalue weighted by Gasteiger charge is 2.48. The highest BCUT2D eigenvalue weighted by molar-refractivity contribution is 9.10. The zero-order chi connectivity index (χ0) is 21.9. The third-order valence-corrected chi connectivity index (χ3v) is 6.38. The van der Waals surface area contributed by atoms with Crippen LogP contribution in [0.3, 0.4) is 0 Å². The summed E-state index contributed by atoms with van der Waals surface area (Å²) in [7, 11) is 0. The molecule has 0 amide bonds. The van der Waals surface area contributed by atoms with Crippen LogP contribution in [0.15, 0.2) is 89.1 Å². The summed E-state index contributed by atoms with van der Waals surface area (Å²) < 4.78 is 15.5. The molecule has 158 valence electrons. The van der Waals surface area contributed by atoms with Crippen LogP contribution in [0.5, 0.6) is 11.6 Å². The van der Waals surface area contributed by atoms with E-state index in [2.05, 4.69) is 45.5 Å². The van der Waals surface area contributed by atoms with Crippen LogP contribution < -0.4 is 14.8 Å². The van der Waals surface area contributed by atoms with Crippen molar-refractivity contribution < 1.29 is 9.47 Å². The monoisotopic (exact) mass is 485 g/mol. The largest absolute Gasteiger partial charge is 0.456 e. The Bertz CT molecular complexity index is 1380. The van der Waals surface area contributed by atoms with E-state index < -0.39 is 5.72 Å². The van der Waals surface area contributed by atoms with Crippen molar-refractivity contribution in [2.75, 3.05) is 5.32 Å². The van der Waals surface area contributed by atoms with Crippen LogP contribution in [0.2, 0.25) is 0 Å². The maximum absolute atomic E-state index is 6.62. The molecule has 1 N–H and O–H groups in total. The molecule has 1 unspecified atom stereocenters. The van der Waals surface area contributed by atoms with E-state index in [0.29, 0.717) is 5.88 Å². The van der Waals surface area contributed by atoms with Crippen LogP contribution in [0.4, 0.5) is 5.69 Å². The van der Waals surface area contributed by atoms with Gasteiger partial charge < -0.3 is 14.8 Å². The third-order valence-electron chi connectivity index (χ3n) is 5.79. The van der Waals surface area contributed by atoms with Gasteiger partial charge in [0.1, 0.15) is 11.3 Å². The molecule has 1 aromatic heterocycles. The standard InChI is InChI=1S/C26H20BrN3O2/c1-16-15-26(23-17(2)29-30(25(23)31-16)20-11-7-4-8-12-20)28-22-14-19(13-21(27)24(22)32-26)18-9-5-3-6-10-18/h3-15,28H,1-2H3. The molecule has 1 spiro atoms. The molecule has 0 radical (unpaired) electrons. The maximum atomic E-state index is 6.62. The number of rotatable bonds is 2. The number of aromatic nitrogens is 2. The number of nitrogens with zero attached hydrogens (tertiary/aromatic N) is 2. The Morgan fingerprint density at radius 2 is 1.66 bits per heavy atom. The van der Waals surface area contributed by atoms with Gasteiger partial charge in [-0.1, -0.05) is 48.5 Å². The van der Waals surface area contributed by atoms with Crippen molar-refractivity contribution >= 4 is 21.6 Å². The van der Waals surface area contributed by atoms with E-state index in [0.717, 1.165) is 49.7 Å². The number of benzene rings is 3. The molecule has 2 aliphatic heterocycles. The Morgan fingerprint density at radius 1 is 0.938 bits per heavy atom. The summed E-state index contributed by atoms with van der Waals surface area (Å²) in [6, 6.07) is 24.5. The number of allylic oxidation sites excluding steroid dienone is 1. The minimum absolute atomic E-state index is 0.661. The lowest BCUT2D eigenvalue weighted by Gasteiger charge is -2.31. The van der Waals surface area contributed by atoms with Gasteiger partial charge in [0.05, 0.1) is 21.5 Å². The molecular weight excluding hydrogens is 466 g/mol. The number of nitrogens with one attached hydrogen (secondary N) is 1. The van der Waals surface area contributed by atoms with Gasteiger partial charge in [-0.2, -0.15) is 5.10 Å². The van der Waals surface area contributed by atoms with Crippen molar-refractivity contribution in [2.24, 2.45) is 0 Å². The fraction of sp³-hybridized carbons (Fsp3) is 0.115. The van der Waals surface area contributed by atoms with E-state index in [1.807, 2.05) is 73.1 Å². The lowest BCUT2D eigenvalue weighted by atomic mass is 10.00. The van der Waals surface area contributed by atoms with E-state index in [1.165, 1.54) is 0 Å². The van der Waals surface area contributed by atoms with Gasteiger partial charge in [0.2, 0.25) is 11.6 Å².